The molecule has 0 aliphatic carbocycles. The Bertz CT molecular complexity index is 968. The van der Waals surface area contributed by atoms with Crippen molar-refractivity contribution in [2.24, 2.45) is 0 Å². The van der Waals surface area contributed by atoms with Gasteiger partial charge in [-0.3, -0.25) is 19.4 Å². The van der Waals surface area contributed by atoms with E-state index in [0.717, 1.165) is 42.9 Å². The summed E-state index contributed by atoms with van der Waals surface area (Å²) in [5, 5.41) is 4.87. The van der Waals surface area contributed by atoms with Gasteiger partial charge in [-0.15, -0.1) is 11.3 Å². The van der Waals surface area contributed by atoms with Crippen LogP contribution in [-0.2, 0) is 28.1 Å². The second-order valence-corrected chi connectivity index (χ2v) is 9.66. The number of urea groups is 1. The molecule has 2 aliphatic rings. The second-order valence-electron chi connectivity index (χ2n) is 8.63. The van der Waals surface area contributed by atoms with E-state index in [4.69, 9.17) is 0 Å². The third kappa shape index (κ3) is 4.56. The first-order valence-corrected chi connectivity index (χ1v) is 12.0. The van der Waals surface area contributed by atoms with Crippen molar-refractivity contribution in [1.29, 1.82) is 0 Å². The maximum atomic E-state index is 13.2. The van der Waals surface area contributed by atoms with Gasteiger partial charge in [-0.2, -0.15) is 0 Å². The average Bonchev–Trinajstić information content (AvgIpc) is 3.37. The zero-order valence-electron chi connectivity index (χ0n) is 18.7. The summed E-state index contributed by atoms with van der Waals surface area (Å²) in [6.45, 7) is 7.26. The Morgan fingerprint density at radius 3 is 2.44 bits per heavy atom. The minimum atomic E-state index is -1.15. The van der Waals surface area contributed by atoms with Crippen LogP contribution in [0.2, 0.25) is 0 Å². The molecule has 1 aromatic heterocycles. The van der Waals surface area contributed by atoms with E-state index >= 15 is 0 Å². The van der Waals surface area contributed by atoms with Gasteiger partial charge in [0.1, 0.15) is 12.1 Å². The molecular weight excluding hydrogens is 424 g/mol. The average molecular weight is 455 g/mol. The molecule has 3 heterocycles. The number of thiophene rings is 1. The van der Waals surface area contributed by atoms with Gasteiger partial charge in [-0.25, -0.2) is 4.79 Å². The second kappa shape index (κ2) is 9.42. The fourth-order valence-corrected chi connectivity index (χ4v) is 5.09. The van der Waals surface area contributed by atoms with Crippen LogP contribution in [0.15, 0.2) is 41.8 Å². The van der Waals surface area contributed by atoms with E-state index in [0.29, 0.717) is 13.1 Å². The van der Waals surface area contributed by atoms with E-state index in [-0.39, 0.29) is 18.4 Å². The van der Waals surface area contributed by atoms with Gasteiger partial charge in [0.25, 0.3) is 5.91 Å². The number of piperazine rings is 1. The monoisotopic (exact) mass is 454 g/mol. The predicted octanol–water partition coefficient (Wildman–Crippen LogP) is 2.81. The summed E-state index contributed by atoms with van der Waals surface area (Å²) in [4.78, 5) is 45.1. The number of amides is 4. The van der Waals surface area contributed by atoms with Crippen molar-refractivity contribution in [3.63, 3.8) is 0 Å². The molecule has 0 radical (unpaired) electrons. The normalized spacial score (nSPS) is 21.8. The van der Waals surface area contributed by atoms with Gasteiger partial charge in [0.05, 0.1) is 0 Å². The number of hydrogen-bond acceptors (Lipinski definition) is 5. The molecule has 32 heavy (non-hydrogen) atoms. The third-order valence-corrected chi connectivity index (χ3v) is 7.18. The molecule has 0 saturated carbocycles. The van der Waals surface area contributed by atoms with Crippen LogP contribution in [0.1, 0.15) is 36.3 Å². The van der Waals surface area contributed by atoms with Gasteiger partial charge in [0.2, 0.25) is 5.91 Å². The number of rotatable bonds is 7. The van der Waals surface area contributed by atoms with Crippen molar-refractivity contribution >= 4 is 29.2 Å². The number of benzene rings is 1. The molecule has 2 aromatic rings. The van der Waals surface area contributed by atoms with E-state index in [1.54, 1.807) is 23.2 Å². The van der Waals surface area contributed by atoms with Gasteiger partial charge in [0, 0.05) is 37.6 Å². The number of carbonyl (C=O) groups is 3. The van der Waals surface area contributed by atoms with Gasteiger partial charge in [0.15, 0.2) is 0 Å². The zero-order chi connectivity index (χ0) is 22.7. The summed E-state index contributed by atoms with van der Waals surface area (Å²) in [5.41, 5.74) is 0.774. The molecule has 7 nitrogen and oxygen atoms in total. The summed E-state index contributed by atoms with van der Waals surface area (Å²) in [6.07, 6.45) is 2.02. The SMILES string of the molecule is CCCc1ccc(C2(C)NC(=O)N(CC(=O)N3CCN(Cc4cccs4)CC3)C2=O)cc1. The minimum absolute atomic E-state index is 0.188. The molecule has 1 N–H and O–H groups in total. The third-order valence-electron chi connectivity index (χ3n) is 6.32. The molecule has 4 rings (SSSR count). The maximum Gasteiger partial charge on any atom is 0.325 e. The van der Waals surface area contributed by atoms with Crippen LogP contribution < -0.4 is 5.32 Å². The van der Waals surface area contributed by atoms with E-state index in [2.05, 4.69) is 28.6 Å². The molecular formula is C24H30N4O3S. The van der Waals surface area contributed by atoms with Crippen LogP contribution in [0.4, 0.5) is 4.79 Å². The topological polar surface area (TPSA) is 73.0 Å². The van der Waals surface area contributed by atoms with Crippen LogP contribution in [0.3, 0.4) is 0 Å². The molecule has 0 spiro atoms. The van der Waals surface area contributed by atoms with Crippen molar-refractivity contribution in [3.05, 3.63) is 57.8 Å². The largest absolute Gasteiger partial charge is 0.339 e. The molecule has 170 valence electrons. The first kappa shape index (κ1) is 22.5. The van der Waals surface area contributed by atoms with Crippen LogP contribution in [0.5, 0.6) is 0 Å². The minimum Gasteiger partial charge on any atom is -0.339 e. The highest BCUT2D eigenvalue weighted by atomic mass is 32.1. The number of hydrogen-bond donors (Lipinski definition) is 1. The Hall–Kier alpha value is -2.71. The number of nitrogens with zero attached hydrogens (tertiary/aromatic N) is 3. The molecule has 1 unspecified atom stereocenters. The highest BCUT2D eigenvalue weighted by Crippen LogP contribution is 2.29. The predicted molar refractivity (Wildman–Crippen MR) is 124 cm³/mol. The molecule has 1 atom stereocenters. The van der Waals surface area contributed by atoms with Crippen molar-refractivity contribution in [1.82, 2.24) is 20.0 Å². The van der Waals surface area contributed by atoms with Crippen LogP contribution in [-0.4, -0.2) is 65.3 Å². The summed E-state index contributed by atoms with van der Waals surface area (Å²) in [6, 6.07) is 11.4. The van der Waals surface area contributed by atoms with E-state index in [1.165, 1.54) is 10.4 Å². The first-order valence-electron chi connectivity index (χ1n) is 11.2. The Kier molecular flexibility index (Phi) is 6.62. The number of aryl methyl sites for hydroxylation is 1. The Balaban J connectivity index is 1.35. The van der Waals surface area contributed by atoms with E-state index < -0.39 is 11.6 Å². The Morgan fingerprint density at radius 1 is 1.09 bits per heavy atom. The summed E-state index contributed by atoms with van der Waals surface area (Å²) >= 11 is 1.74. The highest BCUT2D eigenvalue weighted by molar-refractivity contribution is 7.09. The lowest BCUT2D eigenvalue weighted by Gasteiger charge is -2.35. The quantitative estimate of drug-likeness (QED) is 0.653. The van der Waals surface area contributed by atoms with Gasteiger partial charge in [-0.05, 0) is 35.9 Å². The van der Waals surface area contributed by atoms with Gasteiger partial charge >= 0.3 is 6.03 Å². The van der Waals surface area contributed by atoms with Gasteiger partial charge < -0.3 is 10.2 Å². The van der Waals surface area contributed by atoms with Crippen molar-refractivity contribution < 1.29 is 14.4 Å². The molecule has 1 aromatic carbocycles. The molecule has 4 amide bonds. The van der Waals surface area contributed by atoms with Crippen LogP contribution in [0, 0.1) is 0 Å². The fourth-order valence-electron chi connectivity index (χ4n) is 4.34. The van der Waals surface area contributed by atoms with Gasteiger partial charge in [-0.1, -0.05) is 43.7 Å². The van der Waals surface area contributed by atoms with Crippen molar-refractivity contribution in [2.45, 2.75) is 38.8 Å². The van der Waals surface area contributed by atoms with Crippen LogP contribution >= 0.6 is 11.3 Å². The Morgan fingerprint density at radius 2 is 1.81 bits per heavy atom. The zero-order valence-corrected chi connectivity index (χ0v) is 19.5. The van der Waals surface area contributed by atoms with Crippen LogP contribution in [0.25, 0.3) is 0 Å². The molecule has 2 aliphatic heterocycles. The standard InChI is InChI=1S/C24H30N4O3S/c1-3-5-18-7-9-19(10-8-18)24(2)22(30)28(23(31)25-24)17-21(29)27-13-11-26(12-14-27)16-20-6-4-15-32-20/h4,6-10,15H,3,5,11-14,16-17H2,1-2H3,(H,25,31). The summed E-state index contributed by atoms with van der Waals surface area (Å²) < 4.78 is 0. The smallest absolute Gasteiger partial charge is 0.325 e. The van der Waals surface area contributed by atoms with Crippen molar-refractivity contribution in [2.75, 3.05) is 32.7 Å². The fraction of sp³-hybridized carbons (Fsp3) is 0.458. The maximum absolute atomic E-state index is 13.2. The summed E-state index contributed by atoms with van der Waals surface area (Å²) in [5.74, 6) is -0.567. The molecule has 2 fully saturated rings. The molecule has 8 heteroatoms. The lowest BCUT2D eigenvalue weighted by molar-refractivity contribution is -0.139. The van der Waals surface area contributed by atoms with E-state index in [9.17, 15) is 14.4 Å². The first-order chi connectivity index (χ1) is 15.4. The number of nitrogens with one attached hydrogen (secondary N) is 1. The molecule has 2 saturated heterocycles. The Labute approximate surface area is 193 Å². The number of carbonyl (C=O) groups excluding carboxylic acids is 3. The lowest BCUT2D eigenvalue weighted by atomic mass is 9.91. The van der Waals surface area contributed by atoms with E-state index in [1.807, 2.05) is 30.3 Å². The summed E-state index contributed by atoms with van der Waals surface area (Å²) in [7, 11) is 0. The lowest BCUT2D eigenvalue weighted by Crippen LogP contribution is -2.51. The van der Waals surface area contributed by atoms with Crippen molar-refractivity contribution in [3.8, 4) is 0 Å². The highest BCUT2D eigenvalue weighted by Gasteiger charge is 2.49. The number of imide groups is 1. The molecule has 0 bridgehead atoms.